The van der Waals surface area contributed by atoms with Gasteiger partial charge in [-0.2, -0.15) is 13.2 Å². The standard InChI is InChI=1S/C19H13F3N4O2S/c20-19(21,22)12-3-1-2-10(6-12)11-4-5-13-14(7-11)29-18(24-13)9-17-26-25-16(28-17)8-15(23)27/h1-7H,8-9H2,(H2,23,27). The largest absolute Gasteiger partial charge is 0.424 e. The zero-order valence-corrected chi connectivity index (χ0v) is 15.5. The lowest BCUT2D eigenvalue weighted by molar-refractivity contribution is -0.137. The van der Waals surface area contributed by atoms with Crippen LogP contribution in [0.3, 0.4) is 0 Å². The number of alkyl halides is 3. The molecule has 2 aromatic carbocycles. The second-order valence-electron chi connectivity index (χ2n) is 6.28. The number of benzene rings is 2. The highest BCUT2D eigenvalue weighted by atomic mass is 32.1. The van der Waals surface area contributed by atoms with Crippen molar-refractivity contribution in [2.45, 2.75) is 19.0 Å². The number of nitrogens with two attached hydrogens (primary N) is 1. The van der Waals surface area contributed by atoms with E-state index in [4.69, 9.17) is 10.2 Å². The van der Waals surface area contributed by atoms with E-state index < -0.39 is 17.6 Å². The fourth-order valence-corrected chi connectivity index (χ4v) is 3.81. The van der Waals surface area contributed by atoms with E-state index in [-0.39, 0.29) is 18.7 Å². The number of thiazole rings is 1. The van der Waals surface area contributed by atoms with Crippen molar-refractivity contribution in [3.05, 3.63) is 64.8 Å². The van der Waals surface area contributed by atoms with Crippen molar-refractivity contribution in [1.29, 1.82) is 0 Å². The quantitative estimate of drug-likeness (QED) is 0.529. The predicted octanol–water partition coefficient (Wildman–Crippen LogP) is 3.98. The summed E-state index contributed by atoms with van der Waals surface area (Å²) in [7, 11) is 0. The molecule has 10 heteroatoms. The molecule has 0 radical (unpaired) electrons. The Morgan fingerprint density at radius 3 is 2.59 bits per heavy atom. The molecule has 0 unspecified atom stereocenters. The van der Waals surface area contributed by atoms with Crippen molar-refractivity contribution in [2.24, 2.45) is 5.73 Å². The number of amides is 1. The molecular weight excluding hydrogens is 405 g/mol. The fourth-order valence-electron chi connectivity index (χ4n) is 2.81. The molecule has 1 amide bonds. The van der Waals surface area contributed by atoms with E-state index in [1.54, 1.807) is 24.3 Å². The summed E-state index contributed by atoms with van der Waals surface area (Å²) >= 11 is 1.38. The second kappa shape index (κ2) is 7.28. The molecule has 2 N–H and O–H groups in total. The van der Waals surface area contributed by atoms with Crippen LogP contribution in [0.5, 0.6) is 0 Å². The maximum atomic E-state index is 13.0. The smallest absolute Gasteiger partial charge is 0.416 e. The van der Waals surface area contributed by atoms with E-state index in [1.807, 2.05) is 0 Å². The molecule has 0 spiro atoms. The molecule has 0 aliphatic heterocycles. The number of carbonyl (C=O) groups is 1. The van der Waals surface area contributed by atoms with Crippen LogP contribution in [-0.2, 0) is 23.8 Å². The van der Waals surface area contributed by atoms with Crippen LogP contribution in [0.4, 0.5) is 13.2 Å². The molecule has 148 valence electrons. The maximum Gasteiger partial charge on any atom is 0.416 e. The van der Waals surface area contributed by atoms with Crippen molar-refractivity contribution >= 4 is 27.5 Å². The number of aromatic nitrogens is 3. The van der Waals surface area contributed by atoms with Crippen LogP contribution >= 0.6 is 11.3 Å². The topological polar surface area (TPSA) is 94.9 Å². The molecule has 6 nitrogen and oxygen atoms in total. The Labute approximate surface area is 166 Å². The van der Waals surface area contributed by atoms with E-state index in [1.165, 1.54) is 17.4 Å². The van der Waals surface area contributed by atoms with Crippen molar-refractivity contribution < 1.29 is 22.4 Å². The zero-order valence-electron chi connectivity index (χ0n) is 14.7. The Hall–Kier alpha value is -3.27. The molecule has 2 heterocycles. The molecule has 0 aliphatic carbocycles. The summed E-state index contributed by atoms with van der Waals surface area (Å²) in [6.07, 6.45) is -4.24. The number of carbonyl (C=O) groups excluding carboxylic acids is 1. The van der Waals surface area contributed by atoms with Gasteiger partial charge in [0.05, 0.1) is 22.2 Å². The fraction of sp³-hybridized carbons (Fsp3) is 0.158. The van der Waals surface area contributed by atoms with Gasteiger partial charge in [-0.1, -0.05) is 18.2 Å². The monoisotopic (exact) mass is 418 g/mol. The Morgan fingerprint density at radius 1 is 1.07 bits per heavy atom. The highest BCUT2D eigenvalue weighted by Crippen LogP contribution is 2.34. The van der Waals surface area contributed by atoms with E-state index >= 15 is 0 Å². The third-order valence-corrected chi connectivity index (χ3v) is 5.11. The normalized spacial score (nSPS) is 11.8. The highest BCUT2D eigenvalue weighted by Gasteiger charge is 2.30. The third-order valence-electron chi connectivity index (χ3n) is 4.09. The first-order valence-electron chi connectivity index (χ1n) is 8.44. The van der Waals surface area contributed by atoms with Crippen LogP contribution in [0.25, 0.3) is 21.3 Å². The molecule has 0 saturated carbocycles. The van der Waals surface area contributed by atoms with Gasteiger partial charge in [0.1, 0.15) is 11.4 Å². The Kier molecular flexibility index (Phi) is 4.79. The van der Waals surface area contributed by atoms with Crippen molar-refractivity contribution in [3.8, 4) is 11.1 Å². The summed E-state index contributed by atoms with van der Waals surface area (Å²) in [6, 6.07) is 10.5. The minimum absolute atomic E-state index is 0.132. The lowest BCUT2D eigenvalue weighted by atomic mass is 10.0. The summed E-state index contributed by atoms with van der Waals surface area (Å²) < 4.78 is 45.1. The average Bonchev–Trinajstić information content (AvgIpc) is 3.26. The number of hydrogen-bond donors (Lipinski definition) is 1. The summed E-state index contributed by atoms with van der Waals surface area (Å²) in [5, 5.41) is 8.33. The van der Waals surface area contributed by atoms with Gasteiger partial charge in [0.15, 0.2) is 0 Å². The van der Waals surface area contributed by atoms with Gasteiger partial charge < -0.3 is 10.2 Å². The Morgan fingerprint density at radius 2 is 1.83 bits per heavy atom. The summed E-state index contributed by atoms with van der Waals surface area (Å²) in [6.45, 7) is 0. The van der Waals surface area contributed by atoms with Crippen LogP contribution in [0.2, 0.25) is 0 Å². The second-order valence-corrected chi connectivity index (χ2v) is 7.39. The summed E-state index contributed by atoms with van der Waals surface area (Å²) in [5.74, 6) is -0.124. The molecule has 0 fully saturated rings. The van der Waals surface area contributed by atoms with E-state index in [9.17, 15) is 18.0 Å². The minimum Gasteiger partial charge on any atom is -0.424 e. The highest BCUT2D eigenvalue weighted by molar-refractivity contribution is 7.18. The van der Waals surface area contributed by atoms with Gasteiger partial charge in [0.2, 0.25) is 17.7 Å². The van der Waals surface area contributed by atoms with E-state index in [2.05, 4.69) is 15.2 Å². The number of rotatable bonds is 5. The number of primary amides is 1. The molecule has 4 rings (SSSR count). The minimum atomic E-state index is -4.39. The molecule has 0 saturated heterocycles. The SMILES string of the molecule is NC(=O)Cc1nnc(Cc2nc3ccc(-c4cccc(C(F)(F)F)c4)cc3s2)o1. The van der Waals surface area contributed by atoms with Crippen LogP contribution in [-0.4, -0.2) is 21.1 Å². The lowest BCUT2D eigenvalue weighted by Gasteiger charge is -2.08. The first-order valence-corrected chi connectivity index (χ1v) is 9.26. The van der Waals surface area contributed by atoms with Crippen LogP contribution < -0.4 is 5.73 Å². The van der Waals surface area contributed by atoms with Crippen molar-refractivity contribution in [2.75, 3.05) is 0 Å². The van der Waals surface area contributed by atoms with Gasteiger partial charge in [0.25, 0.3) is 0 Å². The average molecular weight is 418 g/mol. The van der Waals surface area contributed by atoms with Crippen LogP contribution in [0, 0.1) is 0 Å². The molecule has 4 aromatic rings. The third kappa shape index (κ3) is 4.27. The Bertz CT molecular complexity index is 1200. The summed E-state index contributed by atoms with van der Waals surface area (Å²) in [4.78, 5) is 15.4. The molecule has 2 aromatic heterocycles. The molecule has 0 atom stereocenters. The van der Waals surface area contributed by atoms with E-state index in [0.29, 0.717) is 22.0 Å². The van der Waals surface area contributed by atoms with Crippen LogP contribution in [0.15, 0.2) is 46.9 Å². The zero-order chi connectivity index (χ0) is 20.6. The van der Waals surface area contributed by atoms with Crippen molar-refractivity contribution in [3.63, 3.8) is 0 Å². The first kappa shape index (κ1) is 19.1. The first-order chi connectivity index (χ1) is 13.8. The molecule has 0 aliphatic rings. The Balaban J connectivity index is 1.60. The predicted molar refractivity (Wildman–Crippen MR) is 100 cm³/mol. The van der Waals surface area contributed by atoms with Gasteiger partial charge >= 0.3 is 6.18 Å². The van der Waals surface area contributed by atoms with Crippen molar-refractivity contribution in [1.82, 2.24) is 15.2 Å². The van der Waals surface area contributed by atoms with Gasteiger partial charge in [-0.05, 0) is 35.4 Å². The summed E-state index contributed by atoms with van der Waals surface area (Å²) in [5.41, 5.74) is 6.27. The molecule has 29 heavy (non-hydrogen) atoms. The number of nitrogens with zero attached hydrogens (tertiary/aromatic N) is 3. The molecular formula is C19H13F3N4O2S. The molecule has 0 bridgehead atoms. The van der Waals surface area contributed by atoms with E-state index in [0.717, 1.165) is 22.3 Å². The van der Waals surface area contributed by atoms with Gasteiger partial charge in [-0.15, -0.1) is 21.5 Å². The number of hydrogen-bond acceptors (Lipinski definition) is 6. The number of halogens is 3. The van der Waals surface area contributed by atoms with Crippen LogP contribution in [0.1, 0.15) is 22.4 Å². The number of fused-ring (bicyclic) bond motifs is 1. The lowest BCUT2D eigenvalue weighted by Crippen LogP contribution is -2.13. The van der Waals surface area contributed by atoms with Gasteiger partial charge in [0, 0.05) is 0 Å². The van der Waals surface area contributed by atoms with Gasteiger partial charge in [-0.25, -0.2) is 4.98 Å². The maximum absolute atomic E-state index is 13.0. The van der Waals surface area contributed by atoms with Gasteiger partial charge in [-0.3, -0.25) is 4.79 Å².